The van der Waals surface area contributed by atoms with Gasteiger partial charge in [0.2, 0.25) is 0 Å². The highest BCUT2D eigenvalue weighted by atomic mass is 32.1. The molecule has 2 aromatic carbocycles. The first kappa shape index (κ1) is 16.3. The van der Waals surface area contributed by atoms with E-state index in [-0.39, 0.29) is 11.9 Å². The van der Waals surface area contributed by atoms with Crippen LogP contribution in [0.1, 0.15) is 18.5 Å². The van der Waals surface area contributed by atoms with Crippen LogP contribution < -0.4 is 20.7 Å². The first-order valence-electron chi connectivity index (χ1n) is 7.62. The largest absolute Gasteiger partial charge is 0.496 e. The van der Waals surface area contributed by atoms with Crippen LogP contribution in [0.5, 0.6) is 5.75 Å². The Hall–Kier alpha value is -2.60. The first-order valence-corrected chi connectivity index (χ1v) is 8.03. The summed E-state index contributed by atoms with van der Waals surface area (Å²) in [5, 5.41) is 11.5. The number of fused-ring (bicyclic) bond motifs is 1. The smallest absolute Gasteiger partial charge is 0.251 e. The summed E-state index contributed by atoms with van der Waals surface area (Å²) in [6.45, 7) is 1.86. The van der Waals surface area contributed by atoms with Crippen LogP contribution in [0, 0.1) is 0 Å². The molecular formula is C18H19N3O2S. The van der Waals surface area contributed by atoms with Crippen LogP contribution in [0.2, 0.25) is 0 Å². The maximum atomic E-state index is 12.4. The zero-order valence-corrected chi connectivity index (χ0v) is 14.6. The van der Waals surface area contributed by atoms with Crippen LogP contribution in [0.25, 0.3) is 10.8 Å². The van der Waals surface area contributed by atoms with Gasteiger partial charge in [0.05, 0.1) is 18.7 Å². The molecule has 1 heterocycles. The number of hydrogen-bond acceptors (Lipinski definition) is 3. The van der Waals surface area contributed by atoms with Gasteiger partial charge in [0, 0.05) is 18.1 Å². The van der Waals surface area contributed by atoms with Crippen LogP contribution in [0.15, 0.2) is 47.7 Å². The molecule has 0 saturated carbocycles. The number of ether oxygens (including phenoxy) is 1. The summed E-state index contributed by atoms with van der Waals surface area (Å²) in [4.78, 5) is 12.4. The van der Waals surface area contributed by atoms with Crippen LogP contribution in [0.4, 0.5) is 0 Å². The Morgan fingerprint density at radius 3 is 2.58 bits per heavy atom. The summed E-state index contributed by atoms with van der Waals surface area (Å²) in [7, 11) is 3.28. The molecule has 1 atom stereocenters. The summed E-state index contributed by atoms with van der Waals surface area (Å²) < 4.78 is 5.46. The van der Waals surface area contributed by atoms with E-state index in [1.165, 1.54) is 0 Å². The lowest BCUT2D eigenvalue weighted by Crippen LogP contribution is -2.46. The third-order valence-electron chi connectivity index (χ3n) is 4.19. The van der Waals surface area contributed by atoms with Gasteiger partial charge in [-0.2, -0.15) is 0 Å². The van der Waals surface area contributed by atoms with Gasteiger partial charge in [0.25, 0.3) is 5.91 Å². The monoisotopic (exact) mass is 341 g/mol. The number of thiocarbonyl (C=S) groups is 1. The lowest BCUT2D eigenvalue weighted by molar-refractivity contribution is -0.117. The molecule has 1 unspecified atom stereocenters. The molecule has 3 N–H and O–H groups in total. The zero-order chi connectivity index (χ0) is 17.3. The van der Waals surface area contributed by atoms with Crippen molar-refractivity contribution in [2.45, 2.75) is 13.0 Å². The second-order valence-corrected chi connectivity index (χ2v) is 5.96. The quantitative estimate of drug-likeness (QED) is 0.748. The third-order valence-corrected chi connectivity index (χ3v) is 4.41. The molecule has 0 fully saturated rings. The van der Waals surface area contributed by atoms with Gasteiger partial charge in [0.1, 0.15) is 5.75 Å². The molecule has 0 bridgehead atoms. The highest BCUT2D eigenvalue weighted by molar-refractivity contribution is 7.80. The standard InChI is InChI=1S/C18H19N3O2S/c1-10-15(17(22)19-2)16(21-18(24)20-10)13-8-9-14(23-3)12-7-5-4-6-11(12)13/h4-9,16H,1-3H3,(H,19,22)(H2,20,21,24). The van der Waals surface area contributed by atoms with E-state index < -0.39 is 0 Å². The molecular weight excluding hydrogens is 322 g/mol. The van der Waals surface area contributed by atoms with E-state index in [2.05, 4.69) is 16.0 Å². The van der Waals surface area contributed by atoms with Gasteiger partial charge in [-0.15, -0.1) is 0 Å². The predicted molar refractivity (Wildman–Crippen MR) is 98.9 cm³/mol. The Balaban J connectivity index is 2.23. The number of methoxy groups -OCH3 is 1. The number of benzene rings is 2. The Bertz CT molecular complexity index is 860. The van der Waals surface area contributed by atoms with Crippen molar-refractivity contribution in [3.63, 3.8) is 0 Å². The first-order chi connectivity index (χ1) is 11.6. The summed E-state index contributed by atoms with van der Waals surface area (Å²) in [5.74, 6) is 0.660. The third kappa shape index (κ3) is 2.69. The predicted octanol–water partition coefficient (Wildman–Crippen LogP) is 2.39. The number of likely N-dealkylation sites (N-methyl/N-ethyl adjacent to an activating group) is 1. The molecule has 0 saturated heterocycles. The molecule has 0 spiro atoms. The fourth-order valence-electron chi connectivity index (χ4n) is 3.09. The van der Waals surface area contributed by atoms with Crippen LogP contribution >= 0.6 is 12.2 Å². The topological polar surface area (TPSA) is 62.4 Å². The number of hydrogen-bond donors (Lipinski definition) is 3. The number of carbonyl (C=O) groups is 1. The fourth-order valence-corrected chi connectivity index (χ4v) is 3.36. The minimum atomic E-state index is -0.325. The molecule has 0 aliphatic carbocycles. The lowest BCUT2D eigenvalue weighted by Gasteiger charge is -2.31. The minimum absolute atomic E-state index is 0.139. The van der Waals surface area contributed by atoms with E-state index in [1.54, 1.807) is 14.2 Å². The summed E-state index contributed by atoms with van der Waals surface area (Å²) in [6.07, 6.45) is 0. The van der Waals surface area contributed by atoms with E-state index in [9.17, 15) is 4.79 Å². The van der Waals surface area contributed by atoms with Crippen molar-refractivity contribution in [2.24, 2.45) is 0 Å². The summed E-state index contributed by atoms with van der Waals surface area (Å²) >= 11 is 5.29. The molecule has 5 nitrogen and oxygen atoms in total. The molecule has 1 aliphatic rings. The van der Waals surface area contributed by atoms with Crippen LogP contribution in [-0.2, 0) is 4.79 Å². The molecule has 6 heteroatoms. The second-order valence-electron chi connectivity index (χ2n) is 5.55. The number of amides is 1. The van der Waals surface area contributed by atoms with Gasteiger partial charge < -0.3 is 20.7 Å². The van der Waals surface area contributed by atoms with Crippen molar-refractivity contribution in [3.8, 4) is 5.75 Å². The van der Waals surface area contributed by atoms with Crippen molar-refractivity contribution >= 4 is 34.0 Å². The van der Waals surface area contributed by atoms with Crippen molar-refractivity contribution in [1.82, 2.24) is 16.0 Å². The lowest BCUT2D eigenvalue weighted by atomic mass is 9.91. The fraction of sp³-hybridized carbons (Fsp3) is 0.222. The van der Waals surface area contributed by atoms with Crippen LogP contribution in [-0.4, -0.2) is 25.2 Å². The van der Waals surface area contributed by atoms with E-state index in [0.717, 1.165) is 27.8 Å². The summed E-state index contributed by atoms with van der Waals surface area (Å²) in [6, 6.07) is 11.5. The van der Waals surface area contributed by atoms with Crippen molar-refractivity contribution in [1.29, 1.82) is 0 Å². The molecule has 124 valence electrons. The van der Waals surface area contributed by atoms with Gasteiger partial charge in [-0.05, 0) is 36.2 Å². The molecule has 0 aromatic heterocycles. The number of rotatable bonds is 3. The molecule has 2 aromatic rings. The second kappa shape index (κ2) is 6.49. The van der Waals surface area contributed by atoms with E-state index in [0.29, 0.717) is 10.7 Å². The van der Waals surface area contributed by atoms with Crippen molar-refractivity contribution in [3.05, 3.63) is 53.2 Å². The van der Waals surface area contributed by atoms with Gasteiger partial charge in [-0.3, -0.25) is 4.79 Å². The van der Waals surface area contributed by atoms with Crippen molar-refractivity contribution < 1.29 is 9.53 Å². The van der Waals surface area contributed by atoms with Gasteiger partial charge in [0.15, 0.2) is 5.11 Å². The number of allylic oxidation sites excluding steroid dienone is 1. The highest BCUT2D eigenvalue weighted by Crippen LogP contribution is 2.35. The molecule has 24 heavy (non-hydrogen) atoms. The van der Waals surface area contributed by atoms with Gasteiger partial charge in [-0.1, -0.05) is 30.3 Å². The molecule has 1 amide bonds. The van der Waals surface area contributed by atoms with E-state index >= 15 is 0 Å². The maximum absolute atomic E-state index is 12.4. The minimum Gasteiger partial charge on any atom is -0.496 e. The Morgan fingerprint density at radius 1 is 1.21 bits per heavy atom. The van der Waals surface area contributed by atoms with E-state index in [4.69, 9.17) is 17.0 Å². The van der Waals surface area contributed by atoms with Crippen molar-refractivity contribution in [2.75, 3.05) is 14.2 Å². The average molecular weight is 341 g/mol. The maximum Gasteiger partial charge on any atom is 0.251 e. The highest BCUT2D eigenvalue weighted by Gasteiger charge is 2.30. The molecule has 0 radical (unpaired) electrons. The van der Waals surface area contributed by atoms with Crippen LogP contribution in [0.3, 0.4) is 0 Å². The van der Waals surface area contributed by atoms with Gasteiger partial charge >= 0.3 is 0 Å². The average Bonchev–Trinajstić information content (AvgIpc) is 2.59. The Morgan fingerprint density at radius 2 is 1.92 bits per heavy atom. The Labute approximate surface area is 146 Å². The number of nitrogens with one attached hydrogen (secondary N) is 3. The Kier molecular flexibility index (Phi) is 4.40. The van der Waals surface area contributed by atoms with E-state index in [1.807, 2.05) is 43.3 Å². The molecule has 1 aliphatic heterocycles. The normalized spacial score (nSPS) is 17.3. The van der Waals surface area contributed by atoms with Gasteiger partial charge in [-0.25, -0.2) is 0 Å². The SMILES string of the molecule is CNC(=O)C1=C(C)NC(=S)NC1c1ccc(OC)c2ccccc12. The zero-order valence-electron chi connectivity index (χ0n) is 13.8. The molecule has 3 rings (SSSR count). The number of carbonyl (C=O) groups excluding carboxylic acids is 1. The summed E-state index contributed by atoms with van der Waals surface area (Å²) in [5.41, 5.74) is 2.36.